The SMILES string of the molecule is CCCCCCCCCCCCOc1cc2cc(OCCCCCCCCCCCC)c3c(OCCCCCCCCCCCC)cc4c(=O)ccc(=O)c4c3c2c2c1c(OCCCCCCCCCCCC)cc1c(=O)ccc(=O)c12. The molecule has 0 aliphatic heterocycles. The molecule has 0 spiro atoms. The molecule has 6 aromatic rings. The Kier molecular flexibility index (Phi) is 31.3. The Hall–Kier alpha value is -4.98. The number of benzene rings is 6. The van der Waals surface area contributed by atoms with Crippen LogP contribution in [0, 0.1) is 0 Å². The Morgan fingerprint density at radius 2 is 0.451 bits per heavy atom. The van der Waals surface area contributed by atoms with Crippen LogP contribution in [0.4, 0.5) is 0 Å². The van der Waals surface area contributed by atoms with Crippen molar-refractivity contribution in [2.24, 2.45) is 0 Å². The van der Waals surface area contributed by atoms with E-state index in [0.717, 1.165) is 77.0 Å². The van der Waals surface area contributed by atoms with Gasteiger partial charge in [-0.15, -0.1) is 0 Å². The molecular weight excluding hydrogens is 1020 g/mol. The zero-order valence-corrected chi connectivity index (χ0v) is 52.0. The second-order valence-electron chi connectivity index (χ2n) is 24.2. The molecule has 6 aromatic carbocycles. The van der Waals surface area contributed by atoms with E-state index < -0.39 is 0 Å². The largest absolute Gasteiger partial charge is 0.493 e. The zero-order valence-electron chi connectivity index (χ0n) is 52.0. The van der Waals surface area contributed by atoms with E-state index >= 15 is 0 Å². The molecule has 0 saturated carbocycles. The average Bonchev–Trinajstić information content (AvgIpc) is 1.78. The lowest BCUT2D eigenvalue weighted by Crippen LogP contribution is -2.12. The lowest BCUT2D eigenvalue weighted by Gasteiger charge is -2.21. The van der Waals surface area contributed by atoms with E-state index in [1.807, 2.05) is 12.1 Å². The van der Waals surface area contributed by atoms with Crippen molar-refractivity contribution in [3.63, 3.8) is 0 Å². The van der Waals surface area contributed by atoms with Crippen molar-refractivity contribution in [1.29, 1.82) is 0 Å². The highest BCUT2D eigenvalue weighted by molar-refractivity contribution is 6.35. The molecule has 8 nitrogen and oxygen atoms in total. The van der Waals surface area contributed by atoms with Gasteiger partial charge in [0.2, 0.25) is 0 Å². The smallest absolute Gasteiger partial charge is 0.187 e. The first-order valence-electron chi connectivity index (χ1n) is 34.0. The van der Waals surface area contributed by atoms with Crippen molar-refractivity contribution in [3.8, 4) is 23.0 Å². The van der Waals surface area contributed by atoms with Crippen LogP contribution in [0.25, 0.3) is 53.9 Å². The molecule has 0 radical (unpaired) electrons. The maximum absolute atomic E-state index is 14.7. The van der Waals surface area contributed by atoms with E-state index in [2.05, 4.69) is 27.7 Å². The van der Waals surface area contributed by atoms with Gasteiger partial charge in [0.25, 0.3) is 0 Å². The van der Waals surface area contributed by atoms with E-state index in [0.29, 0.717) is 81.7 Å². The average molecular weight is 1130 g/mol. The third kappa shape index (κ3) is 20.7. The van der Waals surface area contributed by atoms with E-state index in [1.54, 1.807) is 12.1 Å². The molecule has 0 N–H and O–H groups in total. The highest BCUT2D eigenvalue weighted by Gasteiger charge is 2.26. The Bertz CT molecular complexity index is 2800. The van der Waals surface area contributed by atoms with Crippen LogP contribution in [0.1, 0.15) is 285 Å². The first-order chi connectivity index (χ1) is 40.3. The topological polar surface area (TPSA) is 105 Å². The molecule has 0 unspecified atom stereocenters. The van der Waals surface area contributed by atoms with Gasteiger partial charge in [-0.25, -0.2) is 0 Å². The third-order valence-corrected chi connectivity index (χ3v) is 17.3. The molecule has 0 bridgehead atoms. The first kappa shape index (κ1) is 66.2. The van der Waals surface area contributed by atoms with Crippen molar-refractivity contribution >= 4 is 53.9 Å². The summed E-state index contributed by atoms with van der Waals surface area (Å²) in [5.41, 5.74) is -1.20. The van der Waals surface area contributed by atoms with Gasteiger partial charge in [-0.2, -0.15) is 0 Å². The number of hydrogen-bond donors (Lipinski definition) is 0. The van der Waals surface area contributed by atoms with Crippen LogP contribution in [0.5, 0.6) is 23.0 Å². The quantitative estimate of drug-likeness (QED) is 0.0275. The van der Waals surface area contributed by atoms with Crippen molar-refractivity contribution < 1.29 is 18.9 Å². The number of rotatable bonds is 48. The summed E-state index contributed by atoms with van der Waals surface area (Å²) in [6.07, 6.45) is 47.7. The van der Waals surface area contributed by atoms with Gasteiger partial charge in [0.15, 0.2) is 21.7 Å². The normalized spacial score (nSPS) is 11.8. The minimum atomic E-state index is -0.312. The predicted molar refractivity (Wildman–Crippen MR) is 351 cm³/mol. The molecule has 0 fully saturated rings. The van der Waals surface area contributed by atoms with Gasteiger partial charge in [-0.1, -0.05) is 259 Å². The van der Waals surface area contributed by atoms with Gasteiger partial charge in [0.1, 0.15) is 23.0 Å². The maximum atomic E-state index is 14.7. The van der Waals surface area contributed by atoms with Crippen LogP contribution in [-0.4, -0.2) is 26.4 Å². The summed E-state index contributed by atoms with van der Waals surface area (Å²) in [5.74, 6) is 2.05. The highest BCUT2D eigenvalue weighted by atomic mass is 16.5. The van der Waals surface area contributed by atoms with Crippen LogP contribution in [0.2, 0.25) is 0 Å². The molecule has 0 aromatic heterocycles. The van der Waals surface area contributed by atoms with E-state index in [4.69, 9.17) is 18.9 Å². The standard InChI is InChI=1S/C74H108O8/c1-5-9-13-17-21-25-29-33-37-41-49-79-64-53-57-54-65(80-50-42-38-34-30-26-22-18-14-10-6-2)72-67(82-52-44-40-36-32-28-24-20-16-12-8-4)56-59-61(76)46-48-63(78)70(59)74(72)68(57)73-69-58(60(75)45-47-62(69)77)55-66(71(64)73)81-51-43-39-35-31-27-23-19-15-11-7-3/h45-48,53-56H,5-44,49-52H2,1-4H3. The minimum absolute atomic E-state index is 0.249. The Morgan fingerprint density at radius 1 is 0.232 bits per heavy atom. The van der Waals surface area contributed by atoms with Gasteiger partial charge in [-0.3, -0.25) is 19.2 Å². The number of ether oxygens (including phenoxy) is 4. The summed E-state index contributed by atoms with van der Waals surface area (Å²) in [6, 6.07) is 12.9. The second-order valence-corrected chi connectivity index (χ2v) is 24.2. The number of fused-ring (bicyclic) bond motifs is 9. The molecule has 0 aliphatic rings. The van der Waals surface area contributed by atoms with Crippen LogP contribution in [0.15, 0.2) is 67.7 Å². The lowest BCUT2D eigenvalue weighted by atomic mass is 9.88. The van der Waals surface area contributed by atoms with Crippen molar-refractivity contribution in [3.05, 3.63) is 89.4 Å². The van der Waals surface area contributed by atoms with Crippen molar-refractivity contribution in [1.82, 2.24) is 0 Å². The summed E-state index contributed by atoms with van der Waals surface area (Å²) >= 11 is 0. The molecule has 6 rings (SSSR count). The zero-order chi connectivity index (χ0) is 58.0. The predicted octanol–water partition coefficient (Wildman–Crippen LogP) is 21.0. The Balaban J connectivity index is 1.44. The summed E-state index contributed by atoms with van der Waals surface area (Å²) in [7, 11) is 0. The minimum Gasteiger partial charge on any atom is -0.493 e. The van der Waals surface area contributed by atoms with Crippen LogP contribution in [-0.2, 0) is 0 Å². The van der Waals surface area contributed by atoms with Gasteiger partial charge in [0, 0.05) is 32.3 Å². The molecule has 0 atom stereocenters. The highest BCUT2D eigenvalue weighted by Crippen LogP contribution is 2.50. The van der Waals surface area contributed by atoms with Crippen molar-refractivity contribution in [2.45, 2.75) is 285 Å². The van der Waals surface area contributed by atoms with Gasteiger partial charge in [0.05, 0.1) is 37.2 Å². The summed E-state index contributed by atoms with van der Waals surface area (Å²) in [4.78, 5) is 57.7. The van der Waals surface area contributed by atoms with Gasteiger partial charge < -0.3 is 18.9 Å². The maximum Gasteiger partial charge on any atom is 0.187 e. The lowest BCUT2D eigenvalue weighted by molar-refractivity contribution is 0.297. The van der Waals surface area contributed by atoms with Crippen LogP contribution in [0.3, 0.4) is 0 Å². The van der Waals surface area contributed by atoms with Crippen molar-refractivity contribution in [2.75, 3.05) is 26.4 Å². The molecule has 0 heterocycles. The fraction of sp³-hybridized carbons (Fsp3) is 0.649. The monoisotopic (exact) mass is 1120 g/mol. The van der Waals surface area contributed by atoms with Crippen LogP contribution >= 0.6 is 0 Å². The molecule has 0 saturated heterocycles. The van der Waals surface area contributed by atoms with E-state index in [1.165, 1.54) is 204 Å². The molecule has 82 heavy (non-hydrogen) atoms. The molecule has 0 aliphatic carbocycles. The number of hydrogen-bond acceptors (Lipinski definition) is 8. The van der Waals surface area contributed by atoms with E-state index in [9.17, 15) is 19.2 Å². The Morgan fingerprint density at radius 3 is 0.707 bits per heavy atom. The van der Waals surface area contributed by atoms with Crippen LogP contribution < -0.4 is 40.7 Å². The number of unbranched alkanes of at least 4 members (excludes halogenated alkanes) is 36. The third-order valence-electron chi connectivity index (χ3n) is 17.3. The fourth-order valence-corrected chi connectivity index (χ4v) is 12.4. The summed E-state index contributed by atoms with van der Waals surface area (Å²) in [6.45, 7) is 10.8. The molecular formula is C74H108O8. The van der Waals surface area contributed by atoms with E-state index in [-0.39, 0.29) is 43.3 Å². The second kappa shape index (κ2) is 38.8. The molecule has 8 heteroatoms. The van der Waals surface area contributed by atoms with Gasteiger partial charge in [-0.05, 0) is 85.0 Å². The summed E-state index contributed by atoms with van der Waals surface area (Å²) in [5, 5.41) is 4.44. The van der Waals surface area contributed by atoms with Gasteiger partial charge >= 0.3 is 0 Å². The Labute approximate surface area is 493 Å². The molecule has 452 valence electrons. The summed E-state index contributed by atoms with van der Waals surface area (Å²) < 4.78 is 27.5. The first-order valence-corrected chi connectivity index (χ1v) is 34.0. The fourth-order valence-electron chi connectivity index (χ4n) is 12.4. The molecule has 0 amide bonds.